The van der Waals surface area contributed by atoms with E-state index in [1.807, 2.05) is 60.7 Å². The van der Waals surface area contributed by atoms with Crippen LogP contribution in [0.5, 0.6) is 0 Å². The first-order valence-electron chi connectivity index (χ1n) is 6.26. The summed E-state index contributed by atoms with van der Waals surface area (Å²) in [7, 11) is 0. The third-order valence-corrected chi connectivity index (χ3v) is 2.83. The van der Waals surface area contributed by atoms with E-state index in [1.54, 1.807) is 0 Å². The fraction of sp³-hybridized carbons (Fsp3) is 0.188. The van der Waals surface area contributed by atoms with Crippen LogP contribution in [-0.2, 0) is 22.6 Å². The summed E-state index contributed by atoms with van der Waals surface area (Å²) in [6, 6.07) is 18.6. The van der Waals surface area contributed by atoms with Crippen LogP contribution in [-0.4, -0.2) is 12.0 Å². The zero-order valence-electron chi connectivity index (χ0n) is 11.2. The Morgan fingerprint density at radius 2 is 1.45 bits per heavy atom. The molecule has 0 aliphatic heterocycles. The molecule has 106 valence electrons. The van der Waals surface area contributed by atoms with Crippen molar-refractivity contribution >= 4 is 19.5 Å². The van der Waals surface area contributed by atoms with Crippen molar-refractivity contribution in [1.82, 2.24) is 0 Å². The average molecular weight is 289 g/mol. The molecule has 0 unspecified atom stereocenters. The minimum Gasteiger partial charge on any atom is -0.460 e. The van der Waals surface area contributed by atoms with E-state index in [2.05, 4.69) is 0 Å². The third kappa shape index (κ3) is 5.07. The van der Waals surface area contributed by atoms with Gasteiger partial charge < -0.3 is 10.5 Å². The van der Waals surface area contributed by atoms with Crippen LogP contribution in [0.4, 0.5) is 0 Å². The van der Waals surface area contributed by atoms with Gasteiger partial charge in [-0.05, 0) is 17.5 Å². The first-order valence-corrected chi connectivity index (χ1v) is 6.26. The Bertz CT molecular complexity index is 517. The van der Waals surface area contributed by atoms with Gasteiger partial charge in [0.15, 0.2) is 0 Å². The second kappa shape index (κ2) is 8.40. The highest BCUT2D eigenvalue weighted by Crippen LogP contribution is 2.05. The van der Waals surface area contributed by atoms with Crippen LogP contribution < -0.4 is 5.73 Å². The van der Waals surface area contributed by atoms with Gasteiger partial charge in [-0.3, -0.25) is 4.79 Å². The van der Waals surface area contributed by atoms with E-state index in [-0.39, 0.29) is 26.1 Å². The smallest absolute Gasteiger partial charge is 0.323 e. The maximum Gasteiger partial charge on any atom is 0.323 e. The average Bonchev–Trinajstić information content (AvgIpc) is 2.47. The lowest BCUT2D eigenvalue weighted by Gasteiger charge is -2.11. The number of rotatable bonds is 5. The summed E-state index contributed by atoms with van der Waals surface area (Å²) in [6.45, 7) is 0.266. The van der Waals surface area contributed by atoms with Gasteiger partial charge in [0.05, 0.1) is 0 Å². The molecule has 0 saturated carbocycles. The van der Waals surface area contributed by atoms with Gasteiger partial charge in [-0.1, -0.05) is 60.7 Å². The number of benzene rings is 2. The lowest BCUT2D eigenvalue weighted by atomic mass is 10.1. The number of hydrogen-bond donors (Lipinski definition) is 1. The molecule has 4 heteroatoms. The highest BCUT2D eigenvalue weighted by Gasteiger charge is 2.15. The zero-order chi connectivity index (χ0) is 13.5. The quantitative estimate of drug-likeness (QED) is 0.860. The van der Waals surface area contributed by atoms with Gasteiger partial charge in [-0.25, -0.2) is 0 Å². The molecule has 3 nitrogen and oxygen atoms in total. The molecule has 0 fully saturated rings. The van der Waals surface area contributed by atoms with Crippen LogP contribution >= 0.6 is 13.5 Å². The van der Waals surface area contributed by atoms with E-state index < -0.39 is 6.04 Å². The van der Waals surface area contributed by atoms with Crippen LogP contribution in [0.2, 0.25) is 0 Å². The summed E-state index contributed by atoms with van der Waals surface area (Å²) in [4.78, 5) is 11.8. The molecule has 1 atom stereocenters. The molecular weight excluding hydrogens is 270 g/mol. The molecular formula is C16H19NO2S. The zero-order valence-corrected chi connectivity index (χ0v) is 12.2. The van der Waals surface area contributed by atoms with E-state index in [9.17, 15) is 4.79 Å². The van der Waals surface area contributed by atoms with Crippen LogP contribution in [0.3, 0.4) is 0 Å². The van der Waals surface area contributed by atoms with Crippen molar-refractivity contribution in [3.05, 3.63) is 71.8 Å². The minimum absolute atomic E-state index is 0. The van der Waals surface area contributed by atoms with Gasteiger partial charge in [0.1, 0.15) is 12.6 Å². The normalized spacial score (nSPS) is 11.2. The van der Waals surface area contributed by atoms with Crippen LogP contribution in [0, 0.1) is 0 Å². The number of carbonyl (C=O) groups is 1. The Labute approximate surface area is 126 Å². The standard InChI is InChI=1S/C16H17NO2.H2S/c17-15(11-13-7-3-1-4-8-13)16(18)19-12-14-9-5-2-6-10-14;/h1-10,15H,11-12,17H2;1H2/t15-;/m0./s1. The van der Waals surface area contributed by atoms with Crippen LogP contribution in [0.25, 0.3) is 0 Å². The molecule has 2 N–H and O–H groups in total. The van der Waals surface area contributed by atoms with Gasteiger partial charge >= 0.3 is 5.97 Å². The van der Waals surface area contributed by atoms with Crippen molar-refractivity contribution in [2.45, 2.75) is 19.1 Å². The second-order valence-corrected chi connectivity index (χ2v) is 4.39. The summed E-state index contributed by atoms with van der Waals surface area (Å²) >= 11 is 0. The van der Waals surface area contributed by atoms with E-state index in [0.717, 1.165) is 11.1 Å². The Balaban J connectivity index is 0.00000200. The molecule has 0 heterocycles. The first kappa shape index (κ1) is 16.3. The number of ether oxygens (including phenoxy) is 1. The molecule has 0 aliphatic rings. The summed E-state index contributed by atoms with van der Waals surface area (Å²) < 4.78 is 5.20. The van der Waals surface area contributed by atoms with Crippen molar-refractivity contribution in [3.63, 3.8) is 0 Å². The lowest BCUT2D eigenvalue weighted by Crippen LogP contribution is -2.34. The Hall–Kier alpha value is -1.78. The van der Waals surface area contributed by atoms with Crippen LogP contribution in [0.1, 0.15) is 11.1 Å². The van der Waals surface area contributed by atoms with Gasteiger partial charge in [0.2, 0.25) is 0 Å². The summed E-state index contributed by atoms with van der Waals surface area (Å²) in [5.41, 5.74) is 7.83. The van der Waals surface area contributed by atoms with E-state index in [0.29, 0.717) is 6.42 Å². The lowest BCUT2D eigenvalue weighted by molar-refractivity contribution is -0.146. The summed E-state index contributed by atoms with van der Waals surface area (Å²) in [5.74, 6) is -0.368. The third-order valence-electron chi connectivity index (χ3n) is 2.83. The summed E-state index contributed by atoms with van der Waals surface area (Å²) in [6.07, 6.45) is 0.495. The van der Waals surface area contributed by atoms with Crippen molar-refractivity contribution in [1.29, 1.82) is 0 Å². The highest BCUT2D eigenvalue weighted by atomic mass is 32.1. The Kier molecular flexibility index (Phi) is 6.84. The number of nitrogens with two attached hydrogens (primary N) is 1. The predicted molar refractivity (Wildman–Crippen MR) is 84.7 cm³/mol. The minimum atomic E-state index is -0.619. The molecule has 2 aromatic rings. The van der Waals surface area contributed by atoms with Gasteiger partial charge in [-0.15, -0.1) is 0 Å². The highest BCUT2D eigenvalue weighted by molar-refractivity contribution is 7.59. The van der Waals surface area contributed by atoms with Crippen molar-refractivity contribution in [2.24, 2.45) is 5.73 Å². The molecule has 0 spiro atoms. The largest absolute Gasteiger partial charge is 0.460 e. The molecule has 0 amide bonds. The monoisotopic (exact) mass is 289 g/mol. The molecule has 0 aliphatic carbocycles. The topological polar surface area (TPSA) is 52.3 Å². The van der Waals surface area contributed by atoms with E-state index in [4.69, 9.17) is 10.5 Å². The Morgan fingerprint density at radius 3 is 2.00 bits per heavy atom. The summed E-state index contributed by atoms with van der Waals surface area (Å²) in [5, 5.41) is 0. The fourth-order valence-electron chi connectivity index (χ4n) is 1.79. The predicted octanol–water partition coefficient (Wildman–Crippen LogP) is 2.41. The van der Waals surface area contributed by atoms with Gasteiger partial charge in [0, 0.05) is 0 Å². The number of carbonyl (C=O) groups excluding carboxylic acids is 1. The van der Waals surface area contributed by atoms with E-state index >= 15 is 0 Å². The second-order valence-electron chi connectivity index (χ2n) is 4.39. The van der Waals surface area contributed by atoms with Crippen LogP contribution in [0.15, 0.2) is 60.7 Å². The van der Waals surface area contributed by atoms with Crippen molar-refractivity contribution in [3.8, 4) is 0 Å². The molecule has 0 aromatic heterocycles. The van der Waals surface area contributed by atoms with Crippen molar-refractivity contribution < 1.29 is 9.53 Å². The molecule has 0 saturated heterocycles. The SMILES string of the molecule is N[C@@H](Cc1ccccc1)C(=O)OCc1ccccc1.S. The first-order chi connectivity index (χ1) is 9.25. The fourth-order valence-corrected chi connectivity index (χ4v) is 1.79. The van der Waals surface area contributed by atoms with Crippen molar-refractivity contribution in [2.75, 3.05) is 0 Å². The molecule has 0 radical (unpaired) electrons. The maximum absolute atomic E-state index is 11.8. The number of esters is 1. The molecule has 0 bridgehead atoms. The molecule has 2 rings (SSSR count). The van der Waals surface area contributed by atoms with E-state index in [1.165, 1.54) is 0 Å². The maximum atomic E-state index is 11.8. The number of hydrogen-bond acceptors (Lipinski definition) is 3. The Morgan fingerprint density at radius 1 is 0.950 bits per heavy atom. The van der Waals surface area contributed by atoms with Gasteiger partial charge in [0.25, 0.3) is 0 Å². The molecule has 2 aromatic carbocycles. The van der Waals surface area contributed by atoms with Gasteiger partial charge in [-0.2, -0.15) is 13.5 Å². The molecule has 20 heavy (non-hydrogen) atoms.